The van der Waals surface area contributed by atoms with E-state index in [-0.39, 0.29) is 17.4 Å². The molecule has 132 valence electrons. The zero-order chi connectivity index (χ0) is 18.5. The fourth-order valence-corrected chi connectivity index (χ4v) is 3.89. The second kappa shape index (κ2) is 12.2. The van der Waals surface area contributed by atoms with Crippen LogP contribution in [0.25, 0.3) is 0 Å². The van der Waals surface area contributed by atoms with Crippen molar-refractivity contribution in [2.24, 2.45) is 4.99 Å². The number of rotatable bonds is 5. The average Bonchev–Trinajstić information content (AvgIpc) is 2.71. The maximum atomic E-state index is 4.73. The van der Waals surface area contributed by atoms with Crippen molar-refractivity contribution in [2.75, 3.05) is 5.32 Å². The Labute approximate surface area is 165 Å². The van der Waals surface area contributed by atoms with Gasteiger partial charge in [0.05, 0.1) is 5.69 Å². The van der Waals surface area contributed by atoms with Crippen LogP contribution in [0.1, 0.15) is 19.4 Å². The van der Waals surface area contributed by atoms with Crippen LogP contribution in [0.15, 0.2) is 96.0 Å². The number of para-hydroxylation sites is 2. The predicted molar refractivity (Wildman–Crippen MR) is 117 cm³/mol. The fraction of sp³-hybridized carbons (Fsp3) is 0.174. The number of hydrogen-bond donors (Lipinski definition) is 1. The Kier molecular flexibility index (Phi) is 9.40. The van der Waals surface area contributed by atoms with E-state index in [9.17, 15) is 0 Å². The second-order valence-corrected chi connectivity index (χ2v) is 11.7. The van der Waals surface area contributed by atoms with Crippen molar-refractivity contribution in [1.29, 1.82) is 0 Å². The first-order valence-corrected chi connectivity index (χ1v) is 13.5. The normalized spacial score (nSPS) is 10.5. The monoisotopic (exact) mass is 400 g/mol. The van der Waals surface area contributed by atoms with Crippen LogP contribution in [0.3, 0.4) is 0 Å². The molecule has 1 N–H and O–H groups in total. The second-order valence-electron chi connectivity index (χ2n) is 6.01. The van der Waals surface area contributed by atoms with E-state index in [0.717, 1.165) is 22.8 Å². The molecule has 3 aromatic rings. The minimum absolute atomic E-state index is 0.0972. The third-order valence-corrected chi connectivity index (χ3v) is 6.76. The van der Waals surface area contributed by atoms with Gasteiger partial charge in [0.2, 0.25) is 0 Å². The first-order chi connectivity index (χ1) is 12.8. The van der Waals surface area contributed by atoms with E-state index >= 15 is 0 Å². The number of aliphatic imine (C=N–C) groups is 1. The van der Waals surface area contributed by atoms with Crippen molar-refractivity contribution in [2.45, 2.75) is 23.8 Å². The molecule has 0 aromatic heterocycles. The Morgan fingerprint density at radius 1 is 0.731 bits per heavy atom. The first-order valence-electron chi connectivity index (χ1n) is 9.34. The molecule has 0 heterocycles. The van der Waals surface area contributed by atoms with Crippen LogP contribution in [0.5, 0.6) is 0 Å². The molecule has 3 aromatic carbocycles. The van der Waals surface area contributed by atoms with Crippen molar-refractivity contribution in [3.63, 3.8) is 0 Å². The van der Waals surface area contributed by atoms with Gasteiger partial charge < -0.3 is 5.32 Å². The van der Waals surface area contributed by atoms with Gasteiger partial charge in [-0.15, -0.1) is 0 Å². The number of nitrogens with one attached hydrogen (secondary N) is 1. The number of amidine groups is 1. The summed E-state index contributed by atoms with van der Waals surface area (Å²) < 4.78 is 0. The first kappa shape index (κ1) is 20.1. The molecule has 0 fully saturated rings. The fourth-order valence-electron chi connectivity index (χ4n) is 2.40. The van der Waals surface area contributed by atoms with Crippen LogP contribution in [0.2, 0.25) is 9.95 Å². The van der Waals surface area contributed by atoms with Gasteiger partial charge in [0.25, 0.3) is 0 Å². The number of anilines is 1. The molecule has 26 heavy (non-hydrogen) atoms. The van der Waals surface area contributed by atoms with Gasteiger partial charge in [0, 0.05) is 11.3 Å². The van der Waals surface area contributed by atoms with E-state index in [2.05, 4.69) is 31.3 Å². The van der Waals surface area contributed by atoms with E-state index in [1.165, 1.54) is 9.95 Å². The summed E-state index contributed by atoms with van der Waals surface area (Å²) >= 11 is 0.0972. The van der Waals surface area contributed by atoms with Gasteiger partial charge in [-0.05, 0) is 24.3 Å². The molecule has 0 unspecified atom stereocenters. The molecule has 0 aliphatic rings. The Hall–Kier alpha value is -2.23. The standard InChI is InChI=1S/C19H16N2.2C2H5.Ga.H/c1-4-10-16(11-5-1)19(20-17-12-6-2-7-13-17)21-18-14-8-3-9-15-18;2*1-2;;/h1-15H,(H,20,21);2*1H2,2H3;;. The summed E-state index contributed by atoms with van der Waals surface area (Å²) in [4.78, 5) is 7.79. The van der Waals surface area contributed by atoms with E-state index < -0.39 is 0 Å². The van der Waals surface area contributed by atoms with Gasteiger partial charge in [-0.1, -0.05) is 66.7 Å². The van der Waals surface area contributed by atoms with Crippen molar-refractivity contribution >= 4 is 34.6 Å². The van der Waals surface area contributed by atoms with E-state index in [0.29, 0.717) is 0 Å². The molecule has 0 aliphatic carbocycles. The molecule has 0 radical (unpaired) electrons. The SMILES string of the molecule is C[CH2][GaH][CH2]C.c1ccc(/N=C(/Nc2ccccc2)c2ccccc2)cc1. The van der Waals surface area contributed by atoms with E-state index in [4.69, 9.17) is 4.99 Å². The van der Waals surface area contributed by atoms with Gasteiger partial charge in [-0.3, -0.25) is 0 Å². The van der Waals surface area contributed by atoms with Crippen molar-refractivity contribution in [3.8, 4) is 0 Å². The minimum Gasteiger partial charge on any atom is -0.340 e. The van der Waals surface area contributed by atoms with Gasteiger partial charge in [0.1, 0.15) is 5.84 Å². The molecule has 0 saturated carbocycles. The van der Waals surface area contributed by atoms with Gasteiger partial charge in [0.15, 0.2) is 0 Å². The summed E-state index contributed by atoms with van der Waals surface area (Å²) in [5.41, 5.74) is 3.01. The third-order valence-electron chi connectivity index (χ3n) is 3.79. The molecule has 2 nitrogen and oxygen atoms in total. The largest absolute Gasteiger partial charge is 0.340 e. The molecule has 0 atom stereocenters. The Balaban J connectivity index is 0.000000431. The Bertz CT molecular complexity index is 754. The zero-order valence-electron chi connectivity index (χ0n) is 15.7. The van der Waals surface area contributed by atoms with Crippen LogP contribution >= 0.6 is 0 Å². The van der Waals surface area contributed by atoms with E-state index in [1.807, 2.05) is 78.9 Å². The van der Waals surface area contributed by atoms with Crippen molar-refractivity contribution in [3.05, 3.63) is 96.6 Å². The topological polar surface area (TPSA) is 24.4 Å². The Morgan fingerprint density at radius 2 is 1.23 bits per heavy atom. The van der Waals surface area contributed by atoms with E-state index in [1.54, 1.807) is 0 Å². The molecule has 3 rings (SSSR count). The minimum atomic E-state index is 0.0972. The zero-order valence-corrected chi connectivity index (χ0v) is 18.7. The van der Waals surface area contributed by atoms with Crippen molar-refractivity contribution < 1.29 is 0 Å². The molecule has 0 spiro atoms. The molecule has 0 amide bonds. The third kappa shape index (κ3) is 7.34. The predicted octanol–water partition coefficient (Wildman–Crippen LogP) is 6.18. The van der Waals surface area contributed by atoms with Gasteiger partial charge in [-0.2, -0.15) is 0 Å². The summed E-state index contributed by atoms with van der Waals surface area (Å²) in [6.07, 6.45) is 0. The average molecular weight is 401 g/mol. The van der Waals surface area contributed by atoms with Gasteiger partial charge >= 0.3 is 41.2 Å². The van der Waals surface area contributed by atoms with Crippen LogP contribution in [-0.4, -0.2) is 23.2 Å². The number of benzene rings is 3. The molecule has 3 heteroatoms. The summed E-state index contributed by atoms with van der Waals surface area (Å²) in [7, 11) is 0. The molecular weight excluding hydrogens is 374 g/mol. The van der Waals surface area contributed by atoms with Crippen LogP contribution in [0.4, 0.5) is 11.4 Å². The van der Waals surface area contributed by atoms with Gasteiger partial charge in [-0.25, -0.2) is 4.99 Å². The smallest absolute Gasteiger partial charge is 0.138 e. The number of hydrogen-bond acceptors (Lipinski definition) is 1. The summed E-state index contributed by atoms with van der Waals surface area (Å²) in [6.45, 7) is 4.59. The molecule has 0 bridgehead atoms. The maximum absolute atomic E-state index is 4.73. The summed E-state index contributed by atoms with van der Waals surface area (Å²) in [5.74, 6) is 0.841. The summed E-state index contributed by atoms with van der Waals surface area (Å²) in [5, 5.41) is 3.39. The van der Waals surface area contributed by atoms with Crippen LogP contribution < -0.4 is 5.32 Å². The molecule has 0 saturated heterocycles. The Morgan fingerprint density at radius 3 is 1.73 bits per heavy atom. The quantitative estimate of drug-likeness (QED) is 0.308. The maximum Gasteiger partial charge on any atom is 0.138 e. The van der Waals surface area contributed by atoms with Crippen molar-refractivity contribution in [1.82, 2.24) is 0 Å². The molecular formula is C23H27GaN2. The summed E-state index contributed by atoms with van der Waals surface area (Å²) in [6, 6.07) is 30.2. The molecule has 0 aliphatic heterocycles. The van der Waals surface area contributed by atoms with Crippen LogP contribution in [-0.2, 0) is 0 Å². The van der Waals surface area contributed by atoms with Crippen LogP contribution in [0, 0.1) is 0 Å². The number of nitrogens with zero attached hydrogens (tertiary/aromatic N) is 1.